The van der Waals surface area contributed by atoms with E-state index in [0.717, 1.165) is 5.56 Å². The topological polar surface area (TPSA) is 41.1 Å². The molecule has 0 unspecified atom stereocenters. The zero-order chi connectivity index (χ0) is 15.1. The first-order valence-corrected chi connectivity index (χ1v) is 7.26. The van der Waals surface area contributed by atoms with Gasteiger partial charge in [0, 0.05) is 12.6 Å². The Labute approximate surface area is 126 Å². The van der Waals surface area contributed by atoms with Crippen LogP contribution in [0.5, 0.6) is 0 Å². The summed E-state index contributed by atoms with van der Waals surface area (Å²) >= 11 is 0. The third-order valence-electron chi connectivity index (χ3n) is 3.44. The van der Waals surface area contributed by atoms with E-state index in [4.69, 9.17) is 0 Å². The van der Waals surface area contributed by atoms with Crippen LogP contribution in [0.15, 0.2) is 54.6 Å². The second-order valence-electron chi connectivity index (χ2n) is 5.28. The van der Waals surface area contributed by atoms with Gasteiger partial charge in [0.2, 0.25) is 5.91 Å². The first kappa shape index (κ1) is 15.3. The molecule has 110 valence electrons. The van der Waals surface area contributed by atoms with Crippen LogP contribution >= 0.6 is 0 Å². The number of amides is 1. The van der Waals surface area contributed by atoms with Crippen molar-refractivity contribution in [3.8, 4) is 0 Å². The van der Waals surface area contributed by atoms with Gasteiger partial charge in [-0.1, -0.05) is 60.2 Å². The molecule has 0 aliphatic rings. The molecule has 0 fully saturated rings. The van der Waals surface area contributed by atoms with Gasteiger partial charge in [0.1, 0.15) is 0 Å². The maximum Gasteiger partial charge on any atom is 0.234 e. The molecule has 0 saturated heterocycles. The summed E-state index contributed by atoms with van der Waals surface area (Å²) in [6, 6.07) is 18.4. The van der Waals surface area contributed by atoms with Crippen LogP contribution in [0.3, 0.4) is 0 Å². The molecule has 2 rings (SSSR count). The molecular formula is C18H22N2O. The minimum atomic E-state index is 0.0124. The molecule has 0 saturated carbocycles. The molecule has 3 heteroatoms. The number of hydrogen-bond donors (Lipinski definition) is 2. The van der Waals surface area contributed by atoms with Crippen molar-refractivity contribution in [2.45, 2.75) is 26.4 Å². The molecule has 0 heterocycles. The molecular weight excluding hydrogens is 260 g/mol. The number of carbonyl (C=O) groups excluding carboxylic acids is 1. The van der Waals surface area contributed by atoms with Gasteiger partial charge in [-0.05, 0) is 25.0 Å². The number of carbonyl (C=O) groups is 1. The standard InChI is InChI=1S/C18H22N2O/c1-14-7-6-10-17(11-14)15(2)19-13-18(21)20-12-16-8-4-3-5-9-16/h3-11,15,19H,12-13H2,1-2H3,(H,20,21)/t15-/m0/s1. The van der Waals surface area contributed by atoms with Gasteiger partial charge in [0.15, 0.2) is 0 Å². The van der Waals surface area contributed by atoms with E-state index in [0.29, 0.717) is 13.1 Å². The SMILES string of the molecule is Cc1cccc([C@H](C)NCC(=O)NCc2ccccc2)c1. The number of benzene rings is 2. The van der Waals surface area contributed by atoms with E-state index < -0.39 is 0 Å². The Bertz CT molecular complexity index is 581. The smallest absolute Gasteiger partial charge is 0.234 e. The van der Waals surface area contributed by atoms with E-state index in [1.807, 2.05) is 36.4 Å². The highest BCUT2D eigenvalue weighted by molar-refractivity contribution is 5.78. The van der Waals surface area contributed by atoms with E-state index in [2.05, 4.69) is 42.7 Å². The summed E-state index contributed by atoms with van der Waals surface area (Å²) in [7, 11) is 0. The minimum absolute atomic E-state index is 0.0124. The largest absolute Gasteiger partial charge is 0.351 e. The fraction of sp³-hybridized carbons (Fsp3) is 0.278. The van der Waals surface area contributed by atoms with E-state index in [1.165, 1.54) is 11.1 Å². The fourth-order valence-corrected chi connectivity index (χ4v) is 2.16. The summed E-state index contributed by atoms with van der Waals surface area (Å²) in [6.07, 6.45) is 0. The van der Waals surface area contributed by atoms with Gasteiger partial charge >= 0.3 is 0 Å². The molecule has 0 spiro atoms. The van der Waals surface area contributed by atoms with E-state index in [1.54, 1.807) is 0 Å². The Hall–Kier alpha value is -2.13. The Morgan fingerprint density at radius 3 is 2.57 bits per heavy atom. The molecule has 0 aromatic heterocycles. The van der Waals surface area contributed by atoms with Crippen LogP contribution in [0, 0.1) is 6.92 Å². The van der Waals surface area contributed by atoms with Gasteiger partial charge in [-0.3, -0.25) is 4.79 Å². The third-order valence-corrected chi connectivity index (χ3v) is 3.44. The lowest BCUT2D eigenvalue weighted by molar-refractivity contribution is -0.120. The Morgan fingerprint density at radius 2 is 1.86 bits per heavy atom. The van der Waals surface area contributed by atoms with Crippen molar-refractivity contribution < 1.29 is 4.79 Å². The van der Waals surface area contributed by atoms with E-state index in [-0.39, 0.29) is 11.9 Å². The summed E-state index contributed by atoms with van der Waals surface area (Å²) in [4.78, 5) is 11.8. The summed E-state index contributed by atoms with van der Waals surface area (Å²) in [5, 5.41) is 6.17. The van der Waals surface area contributed by atoms with Crippen LogP contribution in [-0.4, -0.2) is 12.5 Å². The highest BCUT2D eigenvalue weighted by Gasteiger charge is 2.07. The average Bonchev–Trinajstić information content (AvgIpc) is 2.51. The molecule has 3 nitrogen and oxygen atoms in total. The zero-order valence-corrected chi connectivity index (χ0v) is 12.6. The van der Waals surface area contributed by atoms with Crippen molar-refractivity contribution in [1.29, 1.82) is 0 Å². The van der Waals surface area contributed by atoms with Crippen LogP contribution in [0.4, 0.5) is 0 Å². The molecule has 2 aromatic rings. The van der Waals surface area contributed by atoms with Crippen LogP contribution < -0.4 is 10.6 Å². The van der Waals surface area contributed by atoms with Crippen molar-refractivity contribution in [2.75, 3.05) is 6.54 Å². The van der Waals surface area contributed by atoms with Crippen molar-refractivity contribution in [3.05, 3.63) is 71.3 Å². The number of aryl methyl sites for hydroxylation is 1. The monoisotopic (exact) mass is 282 g/mol. The van der Waals surface area contributed by atoms with E-state index >= 15 is 0 Å². The molecule has 1 atom stereocenters. The van der Waals surface area contributed by atoms with E-state index in [9.17, 15) is 4.79 Å². The van der Waals surface area contributed by atoms with Crippen LogP contribution in [0.2, 0.25) is 0 Å². The highest BCUT2D eigenvalue weighted by atomic mass is 16.1. The molecule has 0 radical (unpaired) electrons. The number of rotatable bonds is 6. The summed E-state index contributed by atoms with van der Waals surface area (Å²) in [6.45, 7) is 5.03. The van der Waals surface area contributed by atoms with Crippen LogP contribution in [0.25, 0.3) is 0 Å². The third kappa shape index (κ3) is 5.04. The van der Waals surface area contributed by atoms with Gasteiger partial charge in [0.05, 0.1) is 6.54 Å². The second kappa shape index (κ2) is 7.60. The summed E-state index contributed by atoms with van der Waals surface area (Å²) in [5.74, 6) is 0.0124. The average molecular weight is 282 g/mol. The van der Waals surface area contributed by atoms with Crippen molar-refractivity contribution in [2.24, 2.45) is 0 Å². The molecule has 2 aromatic carbocycles. The van der Waals surface area contributed by atoms with Gasteiger partial charge < -0.3 is 10.6 Å². The maximum atomic E-state index is 11.8. The van der Waals surface area contributed by atoms with Crippen LogP contribution in [0.1, 0.15) is 29.7 Å². The number of hydrogen-bond acceptors (Lipinski definition) is 2. The Balaban J connectivity index is 1.76. The Kier molecular flexibility index (Phi) is 5.52. The van der Waals surface area contributed by atoms with Crippen LogP contribution in [-0.2, 0) is 11.3 Å². The lowest BCUT2D eigenvalue weighted by atomic mass is 10.1. The Morgan fingerprint density at radius 1 is 1.10 bits per heavy atom. The van der Waals surface area contributed by atoms with Crippen molar-refractivity contribution in [3.63, 3.8) is 0 Å². The zero-order valence-electron chi connectivity index (χ0n) is 12.6. The fourth-order valence-electron chi connectivity index (χ4n) is 2.16. The highest BCUT2D eigenvalue weighted by Crippen LogP contribution is 2.13. The quantitative estimate of drug-likeness (QED) is 0.855. The first-order valence-electron chi connectivity index (χ1n) is 7.26. The van der Waals surface area contributed by atoms with Gasteiger partial charge in [-0.15, -0.1) is 0 Å². The molecule has 2 N–H and O–H groups in total. The molecule has 21 heavy (non-hydrogen) atoms. The lowest BCUT2D eigenvalue weighted by Gasteiger charge is -2.14. The predicted octanol–water partition coefficient (Wildman–Crippen LogP) is 2.96. The molecule has 0 aliphatic heterocycles. The normalized spacial score (nSPS) is 11.9. The predicted molar refractivity (Wildman–Crippen MR) is 85.9 cm³/mol. The first-order chi connectivity index (χ1) is 10.1. The summed E-state index contributed by atoms with van der Waals surface area (Å²) in [5.41, 5.74) is 3.54. The van der Waals surface area contributed by atoms with Gasteiger partial charge in [-0.25, -0.2) is 0 Å². The van der Waals surface area contributed by atoms with Crippen molar-refractivity contribution in [1.82, 2.24) is 10.6 Å². The second-order valence-corrected chi connectivity index (χ2v) is 5.28. The lowest BCUT2D eigenvalue weighted by Crippen LogP contribution is -2.34. The minimum Gasteiger partial charge on any atom is -0.351 e. The van der Waals surface area contributed by atoms with Gasteiger partial charge in [0.25, 0.3) is 0 Å². The maximum absolute atomic E-state index is 11.8. The van der Waals surface area contributed by atoms with Gasteiger partial charge in [-0.2, -0.15) is 0 Å². The molecule has 1 amide bonds. The molecule has 0 aliphatic carbocycles. The van der Waals surface area contributed by atoms with Crippen molar-refractivity contribution >= 4 is 5.91 Å². The molecule has 0 bridgehead atoms. The number of nitrogens with one attached hydrogen (secondary N) is 2. The summed E-state index contributed by atoms with van der Waals surface area (Å²) < 4.78 is 0.